The van der Waals surface area contributed by atoms with Gasteiger partial charge in [-0.1, -0.05) is 46.3 Å². The lowest BCUT2D eigenvalue weighted by molar-refractivity contribution is -0.248. The zero-order chi connectivity index (χ0) is 40.7. The number of carbonyl (C=O) groups excluding carboxylic acids is 1. The first-order valence-electron chi connectivity index (χ1n) is 21.8. The van der Waals surface area contributed by atoms with Gasteiger partial charge in [-0.2, -0.15) is 0 Å². The minimum Gasteiger partial charge on any atom is -0.508 e. The summed E-state index contributed by atoms with van der Waals surface area (Å²) in [7, 11) is 0. The molecule has 17 atom stereocenters. The van der Waals surface area contributed by atoms with Gasteiger partial charge in [-0.05, 0) is 109 Å². The number of aromatic hydroxyl groups is 2. The van der Waals surface area contributed by atoms with Crippen molar-refractivity contribution in [3.63, 3.8) is 0 Å². The van der Waals surface area contributed by atoms with Crippen molar-refractivity contribution in [2.45, 2.75) is 145 Å². The number of aliphatic hydroxyl groups excluding tert-OH is 3. The molecule has 1 heterocycles. The van der Waals surface area contributed by atoms with Crippen molar-refractivity contribution in [1.29, 1.82) is 0 Å². The number of nitrogens with one attached hydrogen (secondary N) is 1. The third-order valence-electron chi connectivity index (χ3n) is 19.5. The lowest BCUT2D eigenvalue weighted by atomic mass is 9.38. The molecule has 11 aliphatic rings. The molecule has 0 amide bonds. The number of fused-ring (bicyclic) bond motifs is 8. The first-order chi connectivity index (χ1) is 26.8. The van der Waals surface area contributed by atoms with E-state index in [0.717, 1.165) is 18.5 Å². The van der Waals surface area contributed by atoms with E-state index >= 15 is 4.79 Å². The molecule has 0 radical (unpaired) electrons. The molecule has 9 N–H and O–H groups in total. The maximum atomic E-state index is 15.1. The first-order valence-corrected chi connectivity index (χ1v) is 21.8. The summed E-state index contributed by atoms with van der Waals surface area (Å²) in [6, 6.07) is 2.84. The number of ketones is 1. The van der Waals surface area contributed by atoms with Crippen LogP contribution in [0.3, 0.4) is 0 Å². The molecule has 11 heteroatoms. The third-order valence-corrected chi connectivity index (χ3v) is 19.5. The molecule has 1 aromatic carbocycles. The van der Waals surface area contributed by atoms with Crippen molar-refractivity contribution < 1.29 is 50.4 Å². The molecule has 10 aliphatic carbocycles. The average molecular weight is 790 g/mol. The zero-order valence-corrected chi connectivity index (χ0v) is 34.1. The van der Waals surface area contributed by atoms with Crippen LogP contribution in [0, 0.1) is 51.2 Å². The highest BCUT2D eigenvalue weighted by molar-refractivity contribution is 5.96. The number of hydrogen-bond donors (Lipinski definition) is 9. The summed E-state index contributed by atoms with van der Waals surface area (Å²) >= 11 is 0. The summed E-state index contributed by atoms with van der Waals surface area (Å²) in [4.78, 5) is 15.1. The number of carbonyl (C=O) groups is 1. The van der Waals surface area contributed by atoms with E-state index < -0.39 is 80.6 Å². The quantitative estimate of drug-likeness (QED) is 0.198. The van der Waals surface area contributed by atoms with Crippen molar-refractivity contribution >= 4 is 5.78 Å². The van der Waals surface area contributed by atoms with E-state index in [-0.39, 0.29) is 60.4 Å². The van der Waals surface area contributed by atoms with E-state index in [0.29, 0.717) is 61.8 Å². The Balaban J connectivity index is 1.13. The van der Waals surface area contributed by atoms with Gasteiger partial charge in [0.2, 0.25) is 0 Å². The van der Waals surface area contributed by atoms with Crippen LogP contribution >= 0.6 is 0 Å². The van der Waals surface area contributed by atoms with Crippen molar-refractivity contribution in [1.82, 2.24) is 5.32 Å². The molecular formula is C46H63NO10. The fourth-order valence-corrected chi connectivity index (χ4v) is 16.8. The van der Waals surface area contributed by atoms with Crippen LogP contribution < -0.4 is 5.32 Å². The van der Waals surface area contributed by atoms with Crippen molar-refractivity contribution in [3.8, 4) is 11.5 Å². The molecule has 312 valence electrons. The van der Waals surface area contributed by atoms with E-state index in [1.807, 2.05) is 20.8 Å². The second-order valence-electron chi connectivity index (χ2n) is 21.1. The number of benzene rings is 1. The Labute approximate surface area is 335 Å². The van der Waals surface area contributed by atoms with Gasteiger partial charge >= 0.3 is 0 Å². The molecule has 11 nitrogen and oxygen atoms in total. The molecule has 0 aromatic heterocycles. The van der Waals surface area contributed by atoms with Crippen molar-refractivity contribution in [2.75, 3.05) is 19.7 Å². The number of hydrogen-bond acceptors (Lipinski definition) is 11. The van der Waals surface area contributed by atoms with Crippen LogP contribution in [-0.4, -0.2) is 107 Å². The van der Waals surface area contributed by atoms with Gasteiger partial charge in [-0.3, -0.25) is 4.79 Å². The Morgan fingerprint density at radius 3 is 2.42 bits per heavy atom. The van der Waals surface area contributed by atoms with Gasteiger partial charge < -0.3 is 50.9 Å². The third kappa shape index (κ3) is 4.15. The Hall–Kier alpha value is -2.35. The highest BCUT2D eigenvalue weighted by Crippen LogP contribution is 2.81. The summed E-state index contributed by atoms with van der Waals surface area (Å²) < 4.78 is 7.37. The lowest BCUT2D eigenvalue weighted by Crippen LogP contribution is -2.71. The highest BCUT2D eigenvalue weighted by atomic mass is 16.6. The SMILES string of the molecule is CCNCC1=CC2(C)CCC1C1(OC3CC4(O)C5=CC(=O)C6C7c8cc(O)cc(O)c8CCC8CC5(CCC4(C)C3C1(O)CCO)C6(C)CC(O)C87O)C(O)C2C. The van der Waals surface area contributed by atoms with E-state index in [4.69, 9.17) is 4.74 Å². The van der Waals surface area contributed by atoms with Crippen molar-refractivity contribution in [3.05, 3.63) is 46.6 Å². The van der Waals surface area contributed by atoms with Crippen LogP contribution in [0.25, 0.3) is 0 Å². The fraction of sp³-hybridized carbons (Fsp3) is 0.761. The average Bonchev–Trinajstić information content (AvgIpc) is 3.38. The number of rotatable bonds is 5. The second-order valence-corrected chi connectivity index (χ2v) is 21.1. The molecule has 57 heavy (non-hydrogen) atoms. The van der Waals surface area contributed by atoms with Crippen molar-refractivity contribution in [2.24, 2.45) is 51.2 Å². The molecule has 2 spiro atoms. The first kappa shape index (κ1) is 38.8. The van der Waals surface area contributed by atoms with Crippen LogP contribution in [0.5, 0.6) is 11.5 Å². The lowest BCUT2D eigenvalue weighted by Gasteiger charge is -2.67. The predicted molar refractivity (Wildman–Crippen MR) is 209 cm³/mol. The smallest absolute Gasteiger partial charge is 0.160 e. The topological polar surface area (TPSA) is 200 Å². The Morgan fingerprint density at radius 1 is 0.947 bits per heavy atom. The standard InChI is InChI=1S/C46H63NO10/c1-6-47-22-24-18-39(3)10-9-29(24)46(38(53)23(39)2)43(54,13-14-48)37-32(57-46)20-44(55)33-17-31(51)36-35-28-15-26(49)16-30(50)27(28)8-7-25-19-42(33,12-11-40(37,44)4)41(36,5)21-34(52)45(25,35)56/h15-18,23,25,29,32,34-38,47-50,52-56H,6-14,19-22H2,1-5H3. The Bertz CT molecular complexity index is 2000. The molecule has 6 saturated carbocycles. The molecule has 17 unspecified atom stereocenters. The number of phenols is 2. The largest absolute Gasteiger partial charge is 0.508 e. The summed E-state index contributed by atoms with van der Waals surface area (Å²) in [5, 5.41) is 101. The van der Waals surface area contributed by atoms with E-state index in [2.05, 4.69) is 25.2 Å². The number of aliphatic hydroxyl groups is 6. The van der Waals surface area contributed by atoms with Gasteiger partial charge in [0.15, 0.2) is 5.78 Å². The molecule has 8 bridgehead atoms. The molecule has 12 rings (SSSR count). The van der Waals surface area contributed by atoms with E-state index in [1.165, 1.54) is 6.07 Å². The number of likely N-dealkylation sites (N-methyl/N-ethyl adjacent to an activating group) is 1. The summed E-state index contributed by atoms with van der Waals surface area (Å²) in [6.07, 6.45) is 4.92. The van der Waals surface area contributed by atoms with Crippen LogP contribution in [0.1, 0.15) is 109 Å². The number of ether oxygens (including phenoxy) is 1. The van der Waals surface area contributed by atoms with Gasteiger partial charge in [0, 0.05) is 66.6 Å². The zero-order valence-electron chi connectivity index (χ0n) is 34.1. The number of allylic oxidation sites excluding steroid dienone is 2. The minimum absolute atomic E-state index is 0.0453. The number of phenolic OH excluding ortho intramolecular Hbond substituents is 2. The fourth-order valence-electron chi connectivity index (χ4n) is 16.8. The van der Waals surface area contributed by atoms with Crippen LogP contribution in [0.2, 0.25) is 0 Å². The summed E-state index contributed by atoms with van der Waals surface area (Å²) in [5.74, 6) is -3.97. The molecular weight excluding hydrogens is 727 g/mol. The Kier molecular flexibility index (Phi) is 7.98. The van der Waals surface area contributed by atoms with Gasteiger partial charge in [-0.15, -0.1) is 0 Å². The highest BCUT2D eigenvalue weighted by Gasteiger charge is 2.85. The van der Waals surface area contributed by atoms with Gasteiger partial charge in [0.05, 0.1) is 23.9 Å². The van der Waals surface area contributed by atoms with Crippen LogP contribution in [-0.2, 0) is 16.0 Å². The van der Waals surface area contributed by atoms with Crippen LogP contribution in [0.4, 0.5) is 0 Å². The van der Waals surface area contributed by atoms with Crippen LogP contribution in [0.15, 0.2) is 35.4 Å². The van der Waals surface area contributed by atoms with E-state index in [9.17, 15) is 40.9 Å². The Morgan fingerprint density at radius 2 is 1.70 bits per heavy atom. The minimum atomic E-state index is -1.74. The maximum absolute atomic E-state index is 15.1. The normalized spacial score (nSPS) is 53.9. The molecule has 1 aliphatic heterocycles. The molecule has 1 saturated heterocycles. The van der Waals surface area contributed by atoms with Gasteiger partial charge in [0.25, 0.3) is 0 Å². The predicted octanol–water partition coefficient (Wildman–Crippen LogP) is 3.53. The van der Waals surface area contributed by atoms with E-state index in [1.54, 1.807) is 12.1 Å². The monoisotopic (exact) mass is 789 g/mol. The van der Waals surface area contributed by atoms with Gasteiger partial charge in [0.1, 0.15) is 28.3 Å². The summed E-state index contributed by atoms with van der Waals surface area (Å²) in [6.45, 7) is 11.3. The second kappa shape index (κ2) is 11.7. The maximum Gasteiger partial charge on any atom is 0.160 e. The molecule has 1 aromatic rings. The summed E-state index contributed by atoms with van der Waals surface area (Å²) in [5.41, 5.74) is -6.83. The van der Waals surface area contributed by atoms with Gasteiger partial charge in [-0.25, -0.2) is 0 Å². The molecule has 7 fully saturated rings.